The average molecular weight is 271 g/mol. The summed E-state index contributed by atoms with van der Waals surface area (Å²) in [6, 6.07) is 11.2. The Hall–Kier alpha value is -2.40. The minimum absolute atomic E-state index is 0.216. The largest absolute Gasteiger partial charge is 0.508 e. The van der Waals surface area contributed by atoms with Crippen LogP contribution >= 0.6 is 0 Å². The lowest BCUT2D eigenvalue weighted by atomic mass is 10.1. The molecule has 2 aromatic carbocycles. The summed E-state index contributed by atoms with van der Waals surface area (Å²) in [5.41, 5.74) is 8.03. The molecule has 0 fully saturated rings. The van der Waals surface area contributed by atoms with E-state index in [1.165, 1.54) is 6.07 Å². The molecule has 1 aromatic heterocycles. The van der Waals surface area contributed by atoms with Gasteiger partial charge in [0, 0.05) is 0 Å². The number of nitrogens with zero attached hydrogens (tertiary/aromatic N) is 1. The van der Waals surface area contributed by atoms with Crippen molar-refractivity contribution in [2.24, 2.45) is 5.73 Å². The molecule has 1 heterocycles. The Morgan fingerprint density at radius 2 is 1.95 bits per heavy atom. The molecule has 0 radical (unpaired) electrons. The Morgan fingerprint density at radius 3 is 2.65 bits per heavy atom. The second-order valence-corrected chi connectivity index (χ2v) is 4.74. The summed E-state index contributed by atoms with van der Waals surface area (Å²) < 4.78 is 13.6. The first-order valence-corrected chi connectivity index (χ1v) is 6.31. The van der Waals surface area contributed by atoms with E-state index in [1.807, 2.05) is 0 Å². The smallest absolute Gasteiger partial charge is 0.151 e. The monoisotopic (exact) mass is 271 g/mol. The normalized spacial score (nSPS) is 12.7. The highest BCUT2D eigenvalue weighted by Crippen LogP contribution is 2.20. The third-order valence-corrected chi connectivity index (χ3v) is 3.22. The maximum absolute atomic E-state index is 13.6. The molecule has 1 unspecified atom stereocenters. The van der Waals surface area contributed by atoms with Crippen LogP contribution in [0.25, 0.3) is 11.0 Å². The van der Waals surface area contributed by atoms with E-state index in [9.17, 15) is 9.50 Å². The van der Waals surface area contributed by atoms with Crippen molar-refractivity contribution in [1.82, 2.24) is 9.97 Å². The zero-order chi connectivity index (χ0) is 14.1. The van der Waals surface area contributed by atoms with Crippen molar-refractivity contribution in [1.29, 1.82) is 0 Å². The van der Waals surface area contributed by atoms with Crippen LogP contribution in [-0.2, 0) is 6.42 Å². The van der Waals surface area contributed by atoms with Gasteiger partial charge in [-0.05, 0) is 36.2 Å². The number of aromatic amines is 1. The summed E-state index contributed by atoms with van der Waals surface area (Å²) in [4.78, 5) is 7.26. The van der Waals surface area contributed by atoms with Crippen LogP contribution in [-0.4, -0.2) is 15.1 Å². The quantitative estimate of drug-likeness (QED) is 0.685. The molecule has 3 aromatic rings. The summed E-state index contributed by atoms with van der Waals surface area (Å²) in [5.74, 6) is 0.410. The third kappa shape index (κ3) is 2.35. The second-order valence-electron chi connectivity index (χ2n) is 4.74. The van der Waals surface area contributed by atoms with Crippen LogP contribution < -0.4 is 5.73 Å². The van der Waals surface area contributed by atoms with Gasteiger partial charge in [-0.25, -0.2) is 9.37 Å². The molecule has 0 aliphatic heterocycles. The van der Waals surface area contributed by atoms with Gasteiger partial charge in [0.1, 0.15) is 17.1 Å². The van der Waals surface area contributed by atoms with Crippen molar-refractivity contribution in [3.63, 3.8) is 0 Å². The third-order valence-electron chi connectivity index (χ3n) is 3.22. The summed E-state index contributed by atoms with van der Waals surface area (Å²) in [7, 11) is 0. The molecule has 5 heteroatoms. The highest BCUT2D eigenvalue weighted by atomic mass is 19.1. The first-order chi connectivity index (χ1) is 9.63. The van der Waals surface area contributed by atoms with Crippen molar-refractivity contribution in [2.75, 3.05) is 0 Å². The number of rotatable bonds is 3. The van der Waals surface area contributed by atoms with Gasteiger partial charge >= 0.3 is 0 Å². The van der Waals surface area contributed by atoms with Gasteiger partial charge in [-0.3, -0.25) is 0 Å². The van der Waals surface area contributed by atoms with E-state index in [-0.39, 0.29) is 17.6 Å². The summed E-state index contributed by atoms with van der Waals surface area (Å²) >= 11 is 0. The Labute approximate surface area is 115 Å². The number of hydrogen-bond acceptors (Lipinski definition) is 3. The summed E-state index contributed by atoms with van der Waals surface area (Å²) in [6.07, 6.45) is 0.557. The number of phenolic OH excluding ortho intramolecular Hbond substituents is 1. The minimum Gasteiger partial charge on any atom is -0.508 e. The fraction of sp³-hybridized carbons (Fsp3) is 0.133. The SMILES string of the molecule is NC(Cc1ccc(O)cc1)c1nc2c(F)cccc2[nH]1. The Morgan fingerprint density at radius 1 is 1.20 bits per heavy atom. The first-order valence-electron chi connectivity index (χ1n) is 6.31. The van der Waals surface area contributed by atoms with Crippen molar-refractivity contribution in [3.8, 4) is 5.75 Å². The number of aromatic nitrogens is 2. The molecule has 0 aliphatic rings. The summed E-state index contributed by atoms with van der Waals surface area (Å²) in [5, 5.41) is 9.24. The van der Waals surface area contributed by atoms with Crippen LogP contribution in [0.2, 0.25) is 0 Å². The Kier molecular flexibility index (Phi) is 3.12. The van der Waals surface area contributed by atoms with E-state index < -0.39 is 0 Å². The van der Waals surface area contributed by atoms with E-state index in [1.54, 1.807) is 36.4 Å². The number of phenols is 1. The lowest BCUT2D eigenvalue weighted by Gasteiger charge is -2.08. The lowest BCUT2D eigenvalue weighted by Crippen LogP contribution is -2.14. The van der Waals surface area contributed by atoms with Crippen LogP contribution in [0.5, 0.6) is 5.75 Å². The van der Waals surface area contributed by atoms with E-state index in [4.69, 9.17) is 5.73 Å². The average Bonchev–Trinajstić information content (AvgIpc) is 2.87. The fourth-order valence-electron chi connectivity index (χ4n) is 2.17. The van der Waals surface area contributed by atoms with Crippen LogP contribution in [0.3, 0.4) is 0 Å². The molecule has 0 saturated heterocycles. The number of H-pyrrole nitrogens is 1. The highest BCUT2D eigenvalue weighted by Gasteiger charge is 2.13. The number of nitrogens with two attached hydrogens (primary N) is 1. The fourth-order valence-corrected chi connectivity index (χ4v) is 2.17. The number of hydrogen-bond donors (Lipinski definition) is 3. The molecule has 0 saturated carbocycles. The number of para-hydroxylation sites is 1. The Bertz CT molecular complexity index is 736. The number of imidazole rings is 1. The second kappa shape index (κ2) is 4.94. The van der Waals surface area contributed by atoms with Crippen LogP contribution in [0.15, 0.2) is 42.5 Å². The number of halogens is 1. The molecule has 102 valence electrons. The van der Waals surface area contributed by atoms with Gasteiger partial charge in [0.15, 0.2) is 5.82 Å². The molecule has 4 N–H and O–H groups in total. The maximum Gasteiger partial charge on any atom is 0.151 e. The van der Waals surface area contributed by atoms with Crippen LogP contribution in [0.1, 0.15) is 17.4 Å². The van der Waals surface area contributed by atoms with Crippen molar-refractivity contribution < 1.29 is 9.50 Å². The molecule has 3 rings (SSSR count). The predicted molar refractivity (Wildman–Crippen MR) is 74.8 cm³/mol. The maximum atomic E-state index is 13.6. The first kappa shape index (κ1) is 12.6. The van der Waals surface area contributed by atoms with Gasteiger partial charge in [0.25, 0.3) is 0 Å². The van der Waals surface area contributed by atoms with Gasteiger partial charge in [-0.2, -0.15) is 0 Å². The van der Waals surface area contributed by atoms with Crippen LogP contribution in [0.4, 0.5) is 4.39 Å². The number of benzene rings is 2. The number of nitrogens with one attached hydrogen (secondary N) is 1. The van der Waals surface area contributed by atoms with Crippen molar-refractivity contribution in [2.45, 2.75) is 12.5 Å². The van der Waals surface area contributed by atoms with Gasteiger partial charge in [-0.15, -0.1) is 0 Å². The van der Waals surface area contributed by atoms with Gasteiger partial charge in [0.2, 0.25) is 0 Å². The van der Waals surface area contributed by atoms with E-state index >= 15 is 0 Å². The molecule has 0 bridgehead atoms. The molecule has 0 amide bonds. The standard InChI is InChI=1S/C15H14FN3O/c16-11-2-1-3-13-14(11)19-15(18-13)12(17)8-9-4-6-10(20)7-5-9/h1-7,12,20H,8,17H2,(H,18,19). The zero-order valence-electron chi connectivity index (χ0n) is 10.7. The molecule has 0 aliphatic carbocycles. The number of fused-ring (bicyclic) bond motifs is 1. The molecular weight excluding hydrogens is 257 g/mol. The van der Waals surface area contributed by atoms with Crippen molar-refractivity contribution in [3.05, 3.63) is 59.7 Å². The Balaban J connectivity index is 1.86. The topological polar surface area (TPSA) is 74.9 Å². The minimum atomic E-state index is -0.359. The van der Waals surface area contributed by atoms with E-state index in [0.29, 0.717) is 23.3 Å². The lowest BCUT2D eigenvalue weighted by molar-refractivity contribution is 0.475. The predicted octanol–water partition coefficient (Wildman–Crippen LogP) is 2.65. The number of aromatic hydroxyl groups is 1. The van der Waals surface area contributed by atoms with Gasteiger partial charge < -0.3 is 15.8 Å². The van der Waals surface area contributed by atoms with E-state index in [0.717, 1.165) is 5.56 Å². The van der Waals surface area contributed by atoms with Gasteiger partial charge in [0.05, 0.1) is 11.6 Å². The van der Waals surface area contributed by atoms with Crippen molar-refractivity contribution >= 4 is 11.0 Å². The highest BCUT2D eigenvalue weighted by molar-refractivity contribution is 5.75. The summed E-state index contributed by atoms with van der Waals surface area (Å²) in [6.45, 7) is 0. The molecule has 20 heavy (non-hydrogen) atoms. The van der Waals surface area contributed by atoms with Gasteiger partial charge in [-0.1, -0.05) is 18.2 Å². The molecular formula is C15H14FN3O. The molecule has 0 spiro atoms. The molecule has 1 atom stereocenters. The zero-order valence-corrected chi connectivity index (χ0v) is 10.7. The van der Waals surface area contributed by atoms with Crippen LogP contribution in [0, 0.1) is 5.82 Å². The van der Waals surface area contributed by atoms with E-state index in [2.05, 4.69) is 9.97 Å². The molecule has 4 nitrogen and oxygen atoms in total.